The van der Waals surface area contributed by atoms with Gasteiger partial charge in [-0.1, -0.05) is 43.3 Å². The molecule has 5 nitrogen and oxygen atoms in total. The Kier molecular flexibility index (Phi) is 4.53. The molecule has 0 bridgehead atoms. The molecule has 1 N–H and O–H groups in total. The summed E-state index contributed by atoms with van der Waals surface area (Å²) in [5.74, 6) is 0.654. The number of aliphatic hydroxyl groups excluding tert-OH is 1. The van der Waals surface area contributed by atoms with E-state index in [-0.39, 0.29) is 13.2 Å². The fourth-order valence-corrected chi connectivity index (χ4v) is 5.16. The summed E-state index contributed by atoms with van der Waals surface area (Å²) in [4.78, 5) is 0.291. The second-order valence-corrected chi connectivity index (χ2v) is 8.46. The summed E-state index contributed by atoms with van der Waals surface area (Å²) >= 11 is 0. The average molecular weight is 383 g/mol. The number of rotatable bonds is 6. The van der Waals surface area contributed by atoms with Gasteiger partial charge in [0, 0.05) is 5.39 Å². The fourth-order valence-electron chi connectivity index (χ4n) is 3.41. The molecular weight excluding hydrogens is 362 g/mol. The lowest BCUT2D eigenvalue weighted by molar-refractivity contribution is 0.115. The van der Waals surface area contributed by atoms with E-state index in [1.54, 1.807) is 18.2 Å². The summed E-state index contributed by atoms with van der Waals surface area (Å²) in [6, 6.07) is 18.4. The van der Waals surface area contributed by atoms with Crippen LogP contribution in [0.25, 0.3) is 10.8 Å². The lowest BCUT2D eigenvalue weighted by Gasteiger charge is -2.22. The van der Waals surface area contributed by atoms with Gasteiger partial charge in [-0.2, -0.15) is 0 Å². The molecule has 0 fully saturated rings. The number of hydrogen-bond acceptors (Lipinski definition) is 4. The Morgan fingerprint density at radius 2 is 1.74 bits per heavy atom. The fraction of sp³-hybridized carbons (Fsp3) is 0.238. The van der Waals surface area contributed by atoms with Crippen molar-refractivity contribution in [3.8, 4) is 5.75 Å². The van der Waals surface area contributed by atoms with E-state index in [4.69, 9.17) is 4.74 Å². The molecular formula is C21H21NO4S. The van der Waals surface area contributed by atoms with Crippen LogP contribution in [0.2, 0.25) is 0 Å². The van der Waals surface area contributed by atoms with Gasteiger partial charge in [0.2, 0.25) is 0 Å². The van der Waals surface area contributed by atoms with Crippen LogP contribution in [-0.2, 0) is 16.4 Å². The van der Waals surface area contributed by atoms with Gasteiger partial charge in [0.15, 0.2) is 0 Å². The molecule has 1 heterocycles. The van der Waals surface area contributed by atoms with Crippen LogP contribution in [0.3, 0.4) is 0 Å². The van der Waals surface area contributed by atoms with Crippen LogP contribution < -0.4 is 9.04 Å². The summed E-state index contributed by atoms with van der Waals surface area (Å²) in [6.07, 6.45) is -0.00263. The SMILES string of the molecule is CCc1ccc(OCC(O)CN2c3cccc4cccc(c34)S2(=O)=O)cc1. The lowest BCUT2D eigenvalue weighted by Crippen LogP contribution is -2.37. The number of sulfonamides is 1. The van der Waals surface area contributed by atoms with Gasteiger partial charge in [-0.15, -0.1) is 0 Å². The second kappa shape index (κ2) is 6.87. The van der Waals surface area contributed by atoms with Crippen molar-refractivity contribution < 1.29 is 18.3 Å². The number of nitrogens with zero attached hydrogens (tertiary/aromatic N) is 1. The molecule has 0 radical (unpaired) electrons. The zero-order chi connectivity index (χ0) is 19.0. The zero-order valence-corrected chi connectivity index (χ0v) is 15.8. The van der Waals surface area contributed by atoms with E-state index in [1.807, 2.05) is 42.5 Å². The Bertz CT molecular complexity index is 1070. The molecule has 1 aliphatic rings. The minimum Gasteiger partial charge on any atom is -0.491 e. The number of aliphatic hydroxyl groups is 1. The topological polar surface area (TPSA) is 66.8 Å². The Morgan fingerprint density at radius 1 is 1.04 bits per heavy atom. The zero-order valence-electron chi connectivity index (χ0n) is 15.0. The Balaban J connectivity index is 1.51. The number of benzene rings is 3. The molecule has 0 aliphatic carbocycles. The van der Waals surface area contributed by atoms with Crippen molar-refractivity contribution in [2.75, 3.05) is 17.5 Å². The maximum atomic E-state index is 12.9. The summed E-state index contributed by atoms with van der Waals surface area (Å²) in [7, 11) is -3.67. The molecule has 0 amide bonds. The van der Waals surface area contributed by atoms with Crippen LogP contribution in [0, 0.1) is 0 Å². The first-order valence-corrected chi connectivity index (χ1v) is 10.4. The molecule has 0 spiro atoms. The highest BCUT2D eigenvalue weighted by atomic mass is 32.2. The van der Waals surface area contributed by atoms with Gasteiger partial charge in [0.1, 0.15) is 18.5 Å². The van der Waals surface area contributed by atoms with Crippen molar-refractivity contribution in [2.24, 2.45) is 0 Å². The van der Waals surface area contributed by atoms with E-state index >= 15 is 0 Å². The van der Waals surface area contributed by atoms with Crippen molar-refractivity contribution in [1.82, 2.24) is 0 Å². The molecule has 1 atom stereocenters. The second-order valence-electron chi connectivity index (χ2n) is 6.63. The first kappa shape index (κ1) is 17.8. The van der Waals surface area contributed by atoms with E-state index in [9.17, 15) is 13.5 Å². The van der Waals surface area contributed by atoms with E-state index in [2.05, 4.69) is 6.92 Å². The Labute approximate surface area is 158 Å². The van der Waals surface area contributed by atoms with Crippen molar-refractivity contribution in [3.05, 3.63) is 66.2 Å². The molecule has 3 aromatic rings. The third-order valence-electron chi connectivity index (χ3n) is 4.83. The van der Waals surface area contributed by atoms with Gasteiger partial charge >= 0.3 is 0 Å². The molecule has 1 unspecified atom stereocenters. The predicted octanol–water partition coefficient (Wildman–Crippen LogP) is 3.35. The average Bonchev–Trinajstić information content (AvgIpc) is 2.90. The third kappa shape index (κ3) is 3.15. The summed E-state index contributed by atoms with van der Waals surface area (Å²) in [5, 5.41) is 12.0. The maximum absolute atomic E-state index is 12.9. The van der Waals surface area contributed by atoms with Gasteiger partial charge < -0.3 is 9.84 Å². The molecule has 27 heavy (non-hydrogen) atoms. The van der Waals surface area contributed by atoms with Crippen molar-refractivity contribution in [2.45, 2.75) is 24.3 Å². The molecule has 6 heteroatoms. The first-order valence-electron chi connectivity index (χ1n) is 8.95. The molecule has 4 rings (SSSR count). The van der Waals surface area contributed by atoms with Gasteiger partial charge in [-0.25, -0.2) is 8.42 Å². The molecule has 0 saturated carbocycles. The van der Waals surface area contributed by atoms with E-state index < -0.39 is 16.1 Å². The maximum Gasteiger partial charge on any atom is 0.265 e. The minimum atomic E-state index is -3.67. The van der Waals surface area contributed by atoms with Gasteiger partial charge in [0.25, 0.3) is 10.0 Å². The van der Waals surface area contributed by atoms with Gasteiger partial charge in [-0.05, 0) is 41.6 Å². The third-order valence-corrected chi connectivity index (χ3v) is 6.65. The molecule has 0 aromatic heterocycles. The quantitative estimate of drug-likeness (QED) is 0.709. The molecule has 0 saturated heterocycles. The van der Waals surface area contributed by atoms with Crippen molar-refractivity contribution in [1.29, 1.82) is 0 Å². The van der Waals surface area contributed by atoms with E-state index in [0.29, 0.717) is 21.7 Å². The van der Waals surface area contributed by atoms with Crippen LogP contribution in [0.1, 0.15) is 12.5 Å². The van der Waals surface area contributed by atoms with E-state index in [1.165, 1.54) is 9.87 Å². The molecule has 1 aliphatic heterocycles. The monoisotopic (exact) mass is 383 g/mol. The number of β-amino-alcohol motifs (C(OH)–C–C–N with tert-alkyl or cyclic N) is 1. The highest BCUT2D eigenvalue weighted by Gasteiger charge is 2.36. The summed E-state index contributed by atoms with van der Waals surface area (Å²) in [6.45, 7) is 2.04. The molecule has 140 valence electrons. The van der Waals surface area contributed by atoms with Crippen molar-refractivity contribution in [3.63, 3.8) is 0 Å². The first-order chi connectivity index (χ1) is 13.0. The van der Waals surface area contributed by atoms with Crippen LogP contribution >= 0.6 is 0 Å². The Hall–Kier alpha value is -2.57. The van der Waals surface area contributed by atoms with Gasteiger partial charge in [0.05, 0.1) is 17.1 Å². The smallest absolute Gasteiger partial charge is 0.265 e. The number of ether oxygens (including phenoxy) is 1. The number of aryl methyl sites for hydroxylation is 1. The van der Waals surface area contributed by atoms with Crippen LogP contribution in [0.5, 0.6) is 5.75 Å². The van der Waals surface area contributed by atoms with Crippen LogP contribution in [0.15, 0.2) is 65.6 Å². The summed E-state index contributed by atoms with van der Waals surface area (Å²) in [5.41, 5.74) is 1.81. The normalized spacial score (nSPS) is 15.9. The number of anilines is 1. The summed E-state index contributed by atoms with van der Waals surface area (Å²) < 4.78 is 32.7. The Morgan fingerprint density at radius 3 is 2.44 bits per heavy atom. The number of hydrogen-bond donors (Lipinski definition) is 1. The lowest BCUT2D eigenvalue weighted by atomic mass is 10.1. The highest BCUT2D eigenvalue weighted by Crippen LogP contribution is 2.41. The minimum absolute atomic E-state index is 0.0177. The largest absolute Gasteiger partial charge is 0.491 e. The van der Waals surface area contributed by atoms with Crippen molar-refractivity contribution >= 4 is 26.5 Å². The van der Waals surface area contributed by atoms with Crippen LogP contribution in [0.4, 0.5) is 5.69 Å². The van der Waals surface area contributed by atoms with Gasteiger partial charge in [-0.3, -0.25) is 4.31 Å². The highest BCUT2D eigenvalue weighted by molar-refractivity contribution is 7.93. The standard InChI is InChI=1S/C21H21NO4S/c1-2-15-9-11-18(12-10-15)26-14-17(23)13-22-19-7-3-5-16-6-4-8-20(21(16)19)27(22,24)25/h3-12,17,23H,2,13-14H2,1H3. The van der Waals surface area contributed by atoms with Crippen LogP contribution in [-0.4, -0.2) is 32.8 Å². The van der Waals surface area contributed by atoms with E-state index in [0.717, 1.165) is 11.8 Å². The molecule has 3 aromatic carbocycles. The predicted molar refractivity (Wildman–Crippen MR) is 106 cm³/mol.